The Hall–Kier alpha value is -1.87. The van der Waals surface area contributed by atoms with Crippen molar-refractivity contribution in [2.24, 2.45) is 5.73 Å². The van der Waals surface area contributed by atoms with E-state index in [-0.39, 0.29) is 17.6 Å². The van der Waals surface area contributed by atoms with Gasteiger partial charge in [-0.3, -0.25) is 4.79 Å². The summed E-state index contributed by atoms with van der Waals surface area (Å²) in [5.74, 6) is 0. The summed E-state index contributed by atoms with van der Waals surface area (Å²) in [6.45, 7) is 4.02. The van der Waals surface area contributed by atoms with Gasteiger partial charge in [-0.15, -0.1) is 0 Å². The van der Waals surface area contributed by atoms with Crippen LogP contribution in [0.4, 0.5) is 0 Å². The molecule has 0 aliphatic heterocycles. The van der Waals surface area contributed by atoms with E-state index >= 15 is 0 Å². The largest absolute Gasteiger partial charge is 0.320 e. The van der Waals surface area contributed by atoms with Gasteiger partial charge in [0.1, 0.15) is 0 Å². The molecule has 0 spiro atoms. The highest BCUT2D eigenvalue weighted by Crippen LogP contribution is 2.26. The zero-order valence-electron chi connectivity index (χ0n) is 13.4. The molecule has 3 rings (SSSR count). The maximum absolute atomic E-state index is 12.6. The molecule has 1 aliphatic rings. The van der Waals surface area contributed by atoms with E-state index in [1.165, 1.54) is 24.0 Å². The lowest BCUT2D eigenvalue weighted by Gasteiger charge is -2.20. The van der Waals surface area contributed by atoms with Gasteiger partial charge in [0.25, 0.3) is 5.56 Å². The topological polar surface area (TPSA) is 48.0 Å². The third-order valence-corrected chi connectivity index (χ3v) is 4.63. The predicted octanol–water partition coefficient (Wildman–Crippen LogP) is 3.36. The number of hydrogen-bond acceptors (Lipinski definition) is 2. The van der Waals surface area contributed by atoms with Gasteiger partial charge in [-0.25, -0.2) is 0 Å². The van der Waals surface area contributed by atoms with E-state index in [2.05, 4.69) is 18.2 Å². The molecule has 3 heteroatoms. The molecular weight excluding hydrogens is 272 g/mol. The molecule has 2 N–H and O–H groups in total. The van der Waals surface area contributed by atoms with Crippen molar-refractivity contribution in [3.63, 3.8) is 0 Å². The van der Waals surface area contributed by atoms with Gasteiger partial charge in [-0.1, -0.05) is 24.3 Å². The van der Waals surface area contributed by atoms with E-state index in [1.807, 2.05) is 32.2 Å². The predicted molar refractivity (Wildman–Crippen MR) is 90.2 cm³/mol. The number of nitrogens with two attached hydrogens (primary N) is 1. The van der Waals surface area contributed by atoms with Crippen molar-refractivity contribution in [1.82, 2.24) is 4.57 Å². The van der Waals surface area contributed by atoms with Crippen molar-refractivity contribution in [3.8, 4) is 0 Å². The van der Waals surface area contributed by atoms with Crippen molar-refractivity contribution in [3.05, 3.63) is 69.1 Å². The molecule has 0 bridgehead atoms. The molecule has 116 valence electrons. The quantitative estimate of drug-likeness (QED) is 0.944. The summed E-state index contributed by atoms with van der Waals surface area (Å²) >= 11 is 0. The molecule has 1 aromatic heterocycles. The summed E-state index contributed by atoms with van der Waals surface area (Å²) in [6.07, 6.45) is 6.64. The van der Waals surface area contributed by atoms with Crippen LogP contribution in [0.2, 0.25) is 0 Å². The van der Waals surface area contributed by atoms with Gasteiger partial charge in [-0.05, 0) is 62.3 Å². The van der Waals surface area contributed by atoms with E-state index in [0.29, 0.717) is 5.56 Å². The van der Waals surface area contributed by atoms with Crippen LogP contribution < -0.4 is 11.3 Å². The van der Waals surface area contributed by atoms with Crippen LogP contribution in [0, 0.1) is 0 Å². The van der Waals surface area contributed by atoms with Crippen LogP contribution >= 0.6 is 0 Å². The summed E-state index contributed by atoms with van der Waals surface area (Å²) in [5, 5.41) is 0. The maximum Gasteiger partial charge on any atom is 0.255 e. The molecule has 2 aromatic rings. The molecule has 1 aliphatic carbocycles. The van der Waals surface area contributed by atoms with Gasteiger partial charge < -0.3 is 10.3 Å². The number of hydrogen-bond donors (Lipinski definition) is 1. The van der Waals surface area contributed by atoms with Crippen molar-refractivity contribution in [2.75, 3.05) is 0 Å². The molecule has 1 aromatic carbocycles. The normalized spacial score (nSPS) is 15.6. The monoisotopic (exact) mass is 296 g/mol. The highest BCUT2D eigenvalue weighted by atomic mass is 16.1. The summed E-state index contributed by atoms with van der Waals surface area (Å²) < 4.78 is 1.74. The SMILES string of the molecule is CC(C)n1cccc(C(N)c2ccc3c(c2)CCCC3)c1=O. The third-order valence-electron chi connectivity index (χ3n) is 4.63. The van der Waals surface area contributed by atoms with E-state index in [1.54, 1.807) is 4.57 Å². The second-order valence-electron chi connectivity index (χ2n) is 6.48. The van der Waals surface area contributed by atoms with Crippen LogP contribution in [0.1, 0.15) is 61.0 Å². The minimum absolute atomic E-state index is 0.0164. The van der Waals surface area contributed by atoms with E-state index in [4.69, 9.17) is 5.73 Å². The second kappa shape index (κ2) is 6.09. The molecule has 0 fully saturated rings. The molecule has 3 nitrogen and oxygen atoms in total. The molecule has 1 atom stereocenters. The molecule has 0 amide bonds. The van der Waals surface area contributed by atoms with E-state index in [0.717, 1.165) is 18.4 Å². The third kappa shape index (κ3) is 2.73. The van der Waals surface area contributed by atoms with E-state index < -0.39 is 0 Å². The lowest BCUT2D eigenvalue weighted by molar-refractivity contribution is 0.570. The lowest BCUT2D eigenvalue weighted by Crippen LogP contribution is -2.29. The van der Waals surface area contributed by atoms with Crippen molar-refractivity contribution in [1.29, 1.82) is 0 Å². The molecule has 0 radical (unpaired) electrons. The van der Waals surface area contributed by atoms with Crippen LogP contribution in [0.25, 0.3) is 0 Å². The smallest absolute Gasteiger partial charge is 0.255 e. The minimum Gasteiger partial charge on any atom is -0.320 e. The Kier molecular flexibility index (Phi) is 4.16. The Morgan fingerprint density at radius 1 is 1.09 bits per heavy atom. The first kappa shape index (κ1) is 15.0. The Labute approximate surface area is 131 Å². The number of benzene rings is 1. The summed E-state index contributed by atoms with van der Waals surface area (Å²) in [5.41, 5.74) is 11.0. The second-order valence-corrected chi connectivity index (χ2v) is 6.48. The Morgan fingerprint density at radius 3 is 2.55 bits per heavy atom. The first-order valence-corrected chi connectivity index (χ1v) is 8.16. The summed E-state index contributed by atoms with van der Waals surface area (Å²) in [7, 11) is 0. The number of pyridine rings is 1. The van der Waals surface area contributed by atoms with Gasteiger partial charge >= 0.3 is 0 Å². The van der Waals surface area contributed by atoms with Crippen LogP contribution in [0.15, 0.2) is 41.3 Å². The Balaban J connectivity index is 1.99. The number of nitrogens with zero attached hydrogens (tertiary/aromatic N) is 1. The first-order chi connectivity index (χ1) is 10.6. The number of fused-ring (bicyclic) bond motifs is 1. The fourth-order valence-corrected chi connectivity index (χ4v) is 3.30. The van der Waals surface area contributed by atoms with E-state index in [9.17, 15) is 4.79 Å². The maximum atomic E-state index is 12.6. The van der Waals surface area contributed by atoms with Gasteiger partial charge in [-0.2, -0.15) is 0 Å². The van der Waals surface area contributed by atoms with Crippen LogP contribution in [0.5, 0.6) is 0 Å². The standard InChI is InChI=1S/C19H24N2O/c1-13(2)21-11-5-8-17(19(21)22)18(20)16-10-9-14-6-3-4-7-15(14)12-16/h5,8-13,18H,3-4,6-7,20H2,1-2H3. The van der Waals surface area contributed by atoms with Crippen molar-refractivity contribution >= 4 is 0 Å². The highest BCUT2D eigenvalue weighted by molar-refractivity contribution is 5.38. The zero-order chi connectivity index (χ0) is 15.7. The van der Waals surface area contributed by atoms with Gasteiger partial charge in [0.05, 0.1) is 6.04 Å². The molecule has 1 unspecified atom stereocenters. The van der Waals surface area contributed by atoms with Gasteiger partial charge in [0.15, 0.2) is 0 Å². The average molecular weight is 296 g/mol. The Morgan fingerprint density at radius 2 is 1.82 bits per heavy atom. The van der Waals surface area contributed by atoms with Crippen LogP contribution in [-0.4, -0.2) is 4.57 Å². The molecule has 0 saturated carbocycles. The molecule has 1 heterocycles. The fourth-order valence-electron chi connectivity index (χ4n) is 3.30. The minimum atomic E-state index is -0.356. The Bertz CT molecular complexity index is 730. The van der Waals surface area contributed by atoms with Gasteiger partial charge in [0.2, 0.25) is 0 Å². The molecule has 0 saturated heterocycles. The average Bonchev–Trinajstić information content (AvgIpc) is 2.53. The van der Waals surface area contributed by atoms with Crippen molar-refractivity contribution in [2.45, 2.75) is 51.6 Å². The lowest BCUT2D eigenvalue weighted by atomic mass is 9.88. The number of rotatable bonds is 3. The molecular formula is C19H24N2O. The fraction of sp³-hybridized carbons (Fsp3) is 0.421. The number of aromatic nitrogens is 1. The zero-order valence-corrected chi connectivity index (χ0v) is 13.4. The van der Waals surface area contributed by atoms with Crippen LogP contribution in [-0.2, 0) is 12.8 Å². The number of aryl methyl sites for hydroxylation is 2. The molecule has 22 heavy (non-hydrogen) atoms. The van der Waals surface area contributed by atoms with Crippen LogP contribution in [0.3, 0.4) is 0 Å². The summed E-state index contributed by atoms with van der Waals surface area (Å²) in [4.78, 5) is 12.6. The van der Waals surface area contributed by atoms with Crippen molar-refractivity contribution < 1.29 is 0 Å². The first-order valence-electron chi connectivity index (χ1n) is 8.16. The summed E-state index contributed by atoms with van der Waals surface area (Å²) in [6, 6.07) is 10.0. The highest BCUT2D eigenvalue weighted by Gasteiger charge is 2.17. The van der Waals surface area contributed by atoms with Gasteiger partial charge in [0, 0.05) is 17.8 Å².